The second-order valence-corrected chi connectivity index (χ2v) is 4.38. The van der Waals surface area contributed by atoms with Crippen molar-refractivity contribution in [1.29, 1.82) is 0 Å². The number of anilines is 1. The van der Waals surface area contributed by atoms with Crippen molar-refractivity contribution in [2.24, 2.45) is 0 Å². The summed E-state index contributed by atoms with van der Waals surface area (Å²) in [7, 11) is 0. The van der Waals surface area contributed by atoms with Gasteiger partial charge >= 0.3 is 0 Å². The lowest BCUT2D eigenvalue weighted by Crippen LogP contribution is -2.14. The molecule has 0 spiro atoms. The molecule has 0 saturated carbocycles. The molecule has 0 radical (unpaired) electrons. The Balaban J connectivity index is 1.78. The van der Waals surface area contributed by atoms with Gasteiger partial charge in [-0.1, -0.05) is 5.16 Å². The van der Waals surface area contributed by atoms with E-state index in [-0.39, 0.29) is 5.91 Å². The normalized spacial score (nSPS) is 10.6. The zero-order valence-corrected chi connectivity index (χ0v) is 11.4. The molecular formula is C13H12N6O2. The van der Waals surface area contributed by atoms with Crippen LogP contribution in [0.15, 0.2) is 35.4 Å². The van der Waals surface area contributed by atoms with Crippen LogP contribution in [0.3, 0.4) is 0 Å². The third-order valence-electron chi connectivity index (χ3n) is 2.87. The molecule has 8 heteroatoms. The summed E-state index contributed by atoms with van der Waals surface area (Å²) in [5.41, 5.74) is 1.45. The van der Waals surface area contributed by atoms with Gasteiger partial charge in [-0.15, -0.1) is 0 Å². The van der Waals surface area contributed by atoms with E-state index in [2.05, 4.69) is 25.5 Å². The van der Waals surface area contributed by atoms with Crippen LogP contribution in [0.4, 0.5) is 5.69 Å². The molecule has 0 aromatic carbocycles. The second kappa shape index (κ2) is 5.16. The molecule has 0 fully saturated rings. The van der Waals surface area contributed by atoms with E-state index in [0.29, 0.717) is 28.7 Å². The Hall–Kier alpha value is -3.03. The molecule has 21 heavy (non-hydrogen) atoms. The van der Waals surface area contributed by atoms with Gasteiger partial charge in [0.1, 0.15) is 11.3 Å². The van der Waals surface area contributed by atoms with E-state index in [9.17, 15) is 4.79 Å². The van der Waals surface area contributed by atoms with Crippen LogP contribution < -0.4 is 5.32 Å². The molecule has 8 nitrogen and oxygen atoms in total. The standard InChI is InChI=1S/C13H12N6O2/c1-8-11(9(2)21-18-8)12(20)17-10-6-14-13(15-7-10)19-5-3-4-16-19/h3-7H,1-2H3,(H,17,20). The van der Waals surface area contributed by atoms with Crippen molar-refractivity contribution in [2.45, 2.75) is 13.8 Å². The fourth-order valence-electron chi connectivity index (χ4n) is 1.89. The molecule has 0 aliphatic heterocycles. The van der Waals surface area contributed by atoms with Gasteiger partial charge in [0.25, 0.3) is 11.9 Å². The first-order valence-corrected chi connectivity index (χ1v) is 6.21. The van der Waals surface area contributed by atoms with Crippen LogP contribution in [0.2, 0.25) is 0 Å². The highest BCUT2D eigenvalue weighted by Gasteiger charge is 2.17. The molecule has 0 aliphatic rings. The van der Waals surface area contributed by atoms with Gasteiger partial charge in [0, 0.05) is 12.4 Å². The zero-order chi connectivity index (χ0) is 14.8. The maximum absolute atomic E-state index is 12.1. The van der Waals surface area contributed by atoms with Gasteiger partial charge in [0.2, 0.25) is 0 Å². The summed E-state index contributed by atoms with van der Waals surface area (Å²) in [6.07, 6.45) is 6.40. The molecule has 3 aromatic heterocycles. The molecule has 1 N–H and O–H groups in total. The van der Waals surface area contributed by atoms with Crippen molar-refractivity contribution in [1.82, 2.24) is 24.9 Å². The molecule has 0 aliphatic carbocycles. The fraction of sp³-hybridized carbons (Fsp3) is 0.154. The van der Waals surface area contributed by atoms with Gasteiger partial charge in [-0.05, 0) is 19.9 Å². The smallest absolute Gasteiger partial charge is 0.261 e. The molecule has 0 unspecified atom stereocenters. The molecule has 3 rings (SSSR count). The minimum Gasteiger partial charge on any atom is -0.361 e. The highest BCUT2D eigenvalue weighted by Crippen LogP contribution is 2.14. The number of nitrogens with zero attached hydrogens (tertiary/aromatic N) is 5. The monoisotopic (exact) mass is 284 g/mol. The lowest BCUT2D eigenvalue weighted by molar-refractivity contribution is 0.102. The predicted molar refractivity (Wildman–Crippen MR) is 73.1 cm³/mol. The molecule has 0 atom stereocenters. The zero-order valence-electron chi connectivity index (χ0n) is 11.4. The van der Waals surface area contributed by atoms with E-state index in [1.165, 1.54) is 17.1 Å². The Morgan fingerprint density at radius 3 is 2.62 bits per heavy atom. The average Bonchev–Trinajstić information content (AvgIpc) is 3.10. The molecule has 3 aromatic rings. The Morgan fingerprint density at radius 1 is 1.29 bits per heavy atom. The summed E-state index contributed by atoms with van der Waals surface area (Å²) >= 11 is 0. The number of nitrogens with one attached hydrogen (secondary N) is 1. The highest BCUT2D eigenvalue weighted by atomic mass is 16.5. The number of carbonyl (C=O) groups is 1. The predicted octanol–water partition coefficient (Wildman–Crippen LogP) is 1.52. The summed E-state index contributed by atoms with van der Waals surface area (Å²) in [4.78, 5) is 20.4. The summed E-state index contributed by atoms with van der Waals surface area (Å²) in [5.74, 6) is 0.594. The number of hydrogen-bond acceptors (Lipinski definition) is 6. The molecule has 106 valence electrons. The van der Waals surface area contributed by atoms with Crippen LogP contribution in [0.25, 0.3) is 5.95 Å². The third kappa shape index (κ3) is 2.50. The Kier molecular flexibility index (Phi) is 3.19. The van der Waals surface area contributed by atoms with E-state index in [4.69, 9.17) is 4.52 Å². The summed E-state index contributed by atoms with van der Waals surface area (Å²) in [6.45, 7) is 3.40. The first-order valence-electron chi connectivity index (χ1n) is 6.21. The van der Waals surface area contributed by atoms with Gasteiger partial charge in [-0.25, -0.2) is 14.6 Å². The summed E-state index contributed by atoms with van der Waals surface area (Å²) in [5, 5.41) is 10.5. The summed E-state index contributed by atoms with van der Waals surface area (Å²) in [6, 6.07) is 1.77. The quantitative estimate of drug-likeness (QED) is 0.782. The number of aryl methyl sites for hydroxylation is 2. The van der Waals surface area contributed by atoms with Crippen molar-refractivity contribution >= 4 is 11.6 Å². The van der Waals surface area contributed by atoms with Crippen LogP contribution in [0.5, 0.6) is 0 Å². The molecular weight excluding hydrogens is 272 g/mol. The van der Waals surface area contributed by atoms with Crippen LogP contribution in [-0.2, 0) is 0 Å². The van der Waals surface area contributed by atoms with E-state index in [1.54, 1.807) is 32.3 Å². The van der Waals surface area contributed by atoms with Crippen LogP contribution in [-0.4, -0.2) is 30.8 Å². The van der Waals surface area contributed by atoms with Crippen molar-refractivity contribution in [3.63, 3.8) is 0 Å². The van der Waals surface area contributed by atoms with Crippen molar-refractivity contribution < 1.29 is 9.32 Å². The average molecular weight is 284 g/mol. The third-order valence-corrected chi connectivity index (χ3v) is 2.87. The van der Waals surface area contributed by atoms with E-state index in [1.807, 2.05) is 0 Å². The van der Waals surface area contributed by atoms with Crippen LogP contribution in [0.1, 0.15) is 21.8 Å². The van der Waals surface area contributed by atoms with Gasteiger partial charge in [-0.2, -0.15) is 5.10 Å². The van der Waals surface area contributed by atoms with Crippen molar-refractivity contribution in [2.75, 3.05) is 5.32 Å². The molecule has 0 saturated heterocycles. The van der Waals surface area contributed by atoms with Crippen LogP contribution >= 0.6 is 0 Å². The summed E-state index contributed by atoms with van der Waals surface area (Å²) < 4.78 is 6.50. The second-order valence-electron chi connectivity index (χ2n) is 4.38. The molecule has 3 heterocycles. The SMILES string of the molecule is Cc1noc(C)c1C(=O)Nc1cnc(-n2cccn2)nc1. The first kappa shape index (κ1) is 13.0. The van der Waals surface area contributed by atoms with E-state index >= 15 is 0 Å². The molecule has 0 bridgehead atoms. The lowest BCUT2D eigenvalue weighted by atomic mass is 10.2. The maximum atomic E-state index is 12.1. The van der Waals surface area contributed by atoms with Crippen molar-refractivity contribution in [3.8, 4) is 5.95 Å². The highest BCUT2D eigenvalue weighted by molar-refractivity contribution is 6.05. The van der Waals surface area contributed by atoms with Gasteiger partial charge in [-0.3, -0.25) is 4.79 Å². The number of hydrogen-bond donors (Lipinski definition) is 1. The number of amides is 1. The Labute approximate surface area is 119 Å². The minimum atomic E-state index is -0.304. The fourth-order valence-corrected chi connectivity index (χ4v) is 1.89. The van der Waals surface area contributed by atoms with E-state index < -0.39 is 0 Å². The maximum Gasteiger partial charge on any atom is 0.261 e. The number of carbonyl (C=O) groups excluding carboxylic acids is 1. The number of aromatic nitrogens is 5. The lowest BCUT2D eigenvalue weighted by Gasteiger charge is -2.05. The minimum absolute atomic E-state index is 0.304. The largest absolute Gasteiger partial charge is 0.361 e. The van der Waals surface area contributed by atoms with Gasteiger partial charge in [0.15, 0.2) is 0 Å². The first-order chi connectivity index (χ1) is 10.1. The van der Waals surface area contributed by atoms with Gasteiger partial charge in [0.05, 0.1) is 23.8 Å². The van der Waals surface area contributed by atoms with Crippen molar-refractivity contribution in [3.05, 3.63) is 47.9 Å². The van der Waals surface area contributed by atoms with Gasteiger partial charge < -0.3 is 9.84 Å². The topological polar surface area (TPSA) is 98.7 Å². The van der Waals surface area contributed by atoms with Crippen LogP contribution in [0, 0.1) is 13.8 Å². The Morgan fingerprint density at radius 2 is 2.05 bits per heavy atom. The number of rotatable bonds is 3. The Bertz CT molecular complexity index is 741. The van der Waals surface area contributed by atoms with E-state index in [0.717, 1.165) is 0 Å². The molecule has 1 amide bonds.